The van der Waals surface area contributed by atoms with E-state index in [1.54, 1.807) is 0 Å². The molecule has 1 aromatic heterocycles. The zero-order chi connectivity index (χ0) is 13.7. The molecule has 1 unspecified atom stereocenters. The number of aromatic nitrogens is 1. The number of carbonyl (C=O) groups excluding carboxylic acids is 1. The molecule has 2 heterocycles. The summed E-state index contributed by atoms with van der Waals surface area (Å²) < 4.78 is 0. The highest BCUT2D eigenvalue weighted by atomic mass is 16.2. The van der Waals surface area contributed by atoms with Gasteiger partial charge in [-0.2, -0.15) is 0 Å². The Morgan fingerprint density at radius 3 is 3.11 bits per heavy atom. The first-order chi connectivity index (χ1) is 9.15. The minimum absolute atomic E-state index is 0.0138. The van der Waals surface area contributed by atoms with Gasteiger partial charge in [-0.3, -0.25) is 4.79 Å². The van der Waals surface area contributed by atoms with E-state index in [1.807, 2.05) is 19.4 Å². The van der Waals surface area contributed by atoms with Crippen molar-refractivity contribution >= 4 is 5.91 Å². The van der Waals surface area contributed by atoms with Gasteiger partial charge in [-0.15, -0.1) is 0 Å². The first-order valence-corrected chi connectivity index (χ1v) is 7.22. The molecule has 1 aliphatic heterocycles. The second-order valence-corrected chi connectivity index (χ2v) is 5.75. The average Bonchev–Trinajstić information content (AvgIpc) is 2.99. The number of carbonyl (C=O) groups is 1. The van der Waals surface area contributed by atoms with E-state index in [9.17, 15) is 4.79 Å². The van der Waals surface area contributed by atoms with Gasteiger partial charge in [-0.1, -0.05) is 0 Å². The molecule has 0 aliphatic carbocycles. The van der Waals surface area contributed by atoms with Crippen molar-refractivity contribution in [3.63, 3.8) is 0 Å². The molecule has 1 saturated heterocycles. The van der Waals surface area contributed by atoms with Crippen molar-refractivity contribution in [1.29, 1.82) is 0 Å². The summed E-state index contributed by atoms with van der Waals surface area (Å²) in [5.74, 6) is 0.311. The SMILES string of the molecule is CNCC1(C)CCCN1C(=O)CCCc1cc[nH]c1. The molecule has 0 bridgehead atoms. The standard InChI is InChI=1S/C15H25N3O/c1-15(12-16-2)8-4-10-18(15)14(19)6-3-5-13-7-9-17-11-13/h7,9,11,16-17H,3-6,8,10,12H2,1-2H3. The van der Waals surface area contributed by atoms with Crippen LogP contribution >= 0.6 is 0 Å². The summed E-state index contributed by atoms with van der Waals surface area (Å²) in [5.41, 5.74) is 1.30. The number of hydrogen-bond acceptors (Lipinski definition) is 2. The first-order valence-electron chi connectivity index (χ1n) is 7.22. The molecule has 4 heteroatoms. The number of likely N-dealkylation sites (tertiary alicyclic amines) is 1. The van der Waals surface area contributed by atoms with Crippen LogP contribution in [0.1, 0.15) is 38.2 Å². The summed E-state index contributed by atoms with van der Waals surface area (Å²) in [6.45, 7) is 4.00. The maximum atomic E-state index is 12.4. The monoisotopic (exact) mass is 263 g/mol. The van der Waals surface area contributed by atoms with E-state index in [0.29, 0.717) is 12.3 Å². The molecule has 0 spiro atoms. The van der Waals surface area contributed by atoms with Crippen LogP contribution in [0, 0.1) is 0 Å². The molecule has 1 atom stereocenters. The van der Waals surface area contributed by atoms with Crippen LogP contribution in [-0.4, -0.2) is 41.5 Å². The van der Waals surface area contributed by atoms with Crippen LogP contribution in [0.3, 0.4) is 0 Å². The van der Waals surface area contributed by atoms with Gasteiger partial charge in [-0.25, -0.2) is 0 Å². The summed E-state index contributed by atoms with van der Waals surface area (Å²) in [7, 11) is 1.96. The van der Waals surface area contributed by atoms with E-state index < -0.39 is 0 Å². The third-order valence-corrected chi connectivity index (χ3v) is 4.13. The van der Waals surface area contributed by atoms with Gasteiger partial charge in [0.05, 0.1) is 5.54 Å². The Labute approximate surface area is 115 Å². The third kappa shape index (κ3) is 3.38. The fourth-order valence-electron chi connectivity index (χ4n) is 3.11. The van der Waals surface area contributed by atoms with Crippen molar-refractivity contribution in [2.75, 3.05) is 20.1 Å². The molecule has 0 aromatic carbocycles. The Balaban J connectivity index is 1.82. The van der Waals surface area contributed by atoms with Crippen LogP contribution in [0.5, 0.6) is 0 Å². The Morgan fingerprint density at radius 1 is 1.58 bits per heavy atom. The molecule has 4 nitrogen and oxygen atoms in total. The van der Waals surface area contributed by atoms with Crippen molar-refractivity contribution < 1.29 is 4.79 Å². The van der Waals surface area contributed by atoms with Crippen molar-refractivity contribution in [1.82, 2.24) is 15.2 Å². The van der Waals surface area contributed by atoms with Gasteiger partial charge in [-0.05, 0) is 51.3 Å². The van der Waals surface area contributed by atoms with Gasteiger partial charge in [0.15, 0.2) is 0 Å². The van der Waals surface area contributed by atoms with Crippen molar-refractivity contribution in [2.24, 2.45) is 0 Å². The lowest BCUT2D eigenvalue weighted by Gasteiger charge is -2.35. The van der Waals surface area contributed by atoms with Crippen molar-refractivity contribution in [3.05, 3.63) is 24.0 Å². The molecule has 0 saturated carbocycles. The quantitative estimate of drug-likeness (QED) is 0.824. The Kier molecular flexibility index (Phi) is 4.64. The van der Waals surface area contributed by atoms with E-state index >= 15 is 0 Å². The van der Waals surface area contributed by atoms with E-state index in [1.165, 1.54) is 5.56 Å². The summed E-state index contributed by atoms with van der Waals surface area (Å²) in [6, 6.07) is 2.07. The maximum absolute atomic E-state index is 12.4. The topological polar surface area (TPSA) is 48.1 Å². The number of aryl methyl sites for hydroxylation is 1. The van der Waals surface area contributed by atoms with Crippen molar-refractivity contribution in [2.45, 2.75) is 44.6 Å². The predicted molar refractivity (Wildman–Crippen MR) is 77.0 cm³/mol. The summed E-state index contributed by atoms with van der Waals surface area (Å²) in [4.78, 5) is 17.5. The lowest BCUT2D eigenvalue weighted by molar-refractivity contribution is -0.134. The molecule has 106 valence electrons. The number of nitrogens with one attached hydrogen (secondary N) is 2. The maximum Gasteiger partial charge on any atom is 0.223 e. The third-order valence-electron chi connectivity index (χ3n) is 4.13. The molecule has 2 N–H and O–H groups in total. The fraction of sp³-hybridized carbons (Fsp3) is 0.667. The van der Waals surface area contributed by atoms with E-state index in [-0.39, 0.29) is 5.54 Å². The summed E-state index contributed by atoms with van der Waals surface area (Å²) >= 11 is 0. The van der Waals surface area contributed by atoms with Crippen LogP contribution < -0.4 is 5.32 Å². The number of aromatic amines is 1. The highest BCUT2D eigenvalue weighted by molar-refractivity contribution is 5.77. The molecular weight excluding hydrogens is 238 g/mol. The molecule has 1 aromatic rings. The molecule has 1 fully saturated rings. The molecule has 0 radical (unpaired) electrons. The van der Waals surface area contributed by atoms with E-state index in [2.05, 4.69) is 28.2 Å². The van der Waals surface area contributed by atoms with Gasteiger partial charge in [0.25, 0.3) is 0 Å². The lowest BCUT2D eigenvalue weighted by Crippen LogP contribution is -2.50. The minimum Gasteiger partial charge on any atom is -0.367 e. The number of hydrogen-bond donors (Lipinski definition) is 2. The molecular formula is C15H25N3O. The van der Waals surface area contributed by atoms with Crippen LogP contribution in [0.15, 0.2) is 18.5 Å². The number of likely N-dealkylation sites (N-methyl/N-ethyl adjacent to an activating group) is 1. The average molecular weight is 263 g/mol. The number of H-pyrrole nitrogens is 1. The zero-order valence-corrected chi connectivity index (χ0v) is 12.0. The van der Waals surface area contributed by atoms with Gasteiger partial charge in [0.2, 0.25) is 5.91 Å². The number of nitrogens with zero attached hydrogens (tertiary/aromatic N) is 1. The van der Waals surface area contributed by atoms with Gasteiger partial charge >= 0.3 is 0 Å². The zero-order valence-electron chi connectivity index (χ0n) is 12.0. The summed E-state index contributed by atoms with van der Waals surface area (Å²) in [5, 5.41) is 3.22. The molecule has 1 aliphatic rings. The first kappa shape index (κ1) is 14.1. The number of rotatable bonds is 6. The molecule has 1 amide bonds. The lowest BCUT2D eigenvalue weighted by atomic mass is 9.98. The van der Waals surface area contributed by atoms with Crippen molar-refractivity contribution in [3.8, 4) is 0 Å². The van der Waals surface area contributed by atoms with Gasteiger partial charge in [0, 0.05) is 31.9 Å². The highest BCUT2D eigenvalue weighted by Crippen LogP contribution is 2.29. The Hall–Kier alpha value is -1.29. The van der Waals surface area contributed by atoms with Crippen LogP contribution in [-0.2, 0) is 11.2 Å². The summed E-state index contributed by atoms with van der Waals surface area (Å²) in [6.07, 6.45) is 8.74. The highest BCUT2D eigenvalue weighted by Gasteiger charge is 2.38. The van der Waals surface area contributed by atoms with Gasteiger partial charge in [0.1, 0.15) is 0 Å². The van der Waals surface area contributed by atoms with E-state index in [4.69, 9.17) is 0 Å². The second kappa shape index (κ2) is 6.24. The Morgan fingerprint density at radius 2 is 2.42 bits per heavy atom. The number of amides is 1. The normalized spacial score (nSPS) is 22.9. The second-order valence-electron chi connectivity index (χ2n) is 5.75. The minimum atomic E-state index is 0.0138. The van der Waals surface area contributed by atoms with Crippen LogP contribution in [0.4, 0.5) is 0 Å². The van der Waals surface area contributed by atoms with Gasteiger partial charge < -0.3 is 15.2 Å². The fourth-order valence-corrected chi connectivity index (χ4v) is 3.11. The largest absolute Gasteiger partial charge is 0.367 e. The Bertz CT molecular complexity index is 402. The molecule has 2 rings (SSSR count). The smallest absolute Gasteiger partial charge is 0.223 e. The van der Waals surface area contributed by atoms with Crippen LogP contribution in [0.2, 0.25) is 0 Å². The van der Waals surface area contributed by atoms with Crippen LogP contribution in [0.25, 0.3) is 0 Å². The molecule has 19 heavy (non-hydrogen) atoms. The van der Waals surface area contributed by atoms with E-state index in [0.717, 1.165) is 38.8 Å². The predicted octanol–water partition coefficient (Wildman–Crippen LogP) is 1.94.